The fourth-order valence-electron chi connectivity index (χ4n) is 6.83. The lowest BCUT2D eigenvalue weighted by Gasteiger charge is -2.33. The molecule has 37 heavy (non-hydrogen) atoms. The summed E-state index contributed by atoms with van der Waals surface area (Å²) in [4.78, 5) is 17.7. The van der Waals surface area contributed by atoms with E-state index in [2.05, 4.69) is 43.4 Å². The van der Waals surface area contributed by atoms with Crippen molar-refractivity contribution in [2.24, 2.45) is 11.8 Å². The summed E-state index contributed by atoms with van der Waals surface area (Å²) >= 11 is 0. The van der Waals surface area contributed by atoms with Crippen molar-refractivity contribution in [1.82, 2.24) is 36.1 Å². The van der Waals surface area contributed by atoms with Crippen molar-refractivity contribution in [3.05, 3.63) is 66.3 Å². The fraction of sp³-hybridized carbons (Fsp3) is 0.483. The van der Waals surface area contributed by atoms with Gasteiger partial charge < -0.3 is 14.7 Å². The minimum absolute atomic E-state index is 0.114. The first kappa shape index (κ1) is 23.1. The second-order valence-electron chi connectivity index (χ2n) is 11.1. The molecule has 5 heterocycles. The van der Waals surface area contributed by atoms with Crippen molar-refractivity contribution in [2.45, 2.75) is 69.5 Å². The Labute approximate surface area is 217 Å². The highest BCUT2D eigenvalue weighted by Gasteiger charge is 2.42. The summed E-state index contributed by atoms with van der Waals surface area (Å²) in [5, 5.41) is 3.68. The predicted molar refractivity (Wildman–Crippen MR) is 142 cm³/mol. The van der Waals surface area contributed by atoms with E-state index in [9.17, 15) is 0 Å². The van der Waals surface area contributed by atoms with Crippen molar-refractivity contribution >= 4 is 11.2 Å². The third kappa shape index (κ3) is 4.58. The Morgan fingerprint density at radius 3 is 2.89 bits per heavy atom. The molecule has 2 saturated carbocycles. The van der Waals surface area contributed by atoms with E-state index in [0.29, 0.717) is 17.9 Å². The standard InChI is InChI=1S/C29H35N7O/c1-2-4-18(3-1)13-30-14-19-11-22(16-31-15-19)20-5-6-25-24(12-20)27(36-35-25)29-33-26-23(21-8-10-37-17-21)7-9-32-28(26)34-29/h7-11,15-18,20,24-25,27,30,35-36H,1-6,12-14H2,(H,32,33,34). The summed E-state index contributed by atoms with van der Waals surface area (Å²) in [6.07, 6.45) is 18.4. The quantitative estimate of drug-likeness (QED) is 0.285. The van der Waals surface area contributed by atoms with Crippen molar-refractivity contribution in [2.75, 3.05) is 6.54 Å². The Morgan fingerprint density at radius 2 is 2.00 bits per heavy atom. The molecule has 4 aromatic rings. The molecule has 1 aliphatic heterocycles. The maximum atomic E-state index is 5.32. The fourth-order valence-corrected chi connectivity index (χ4v) is 6.83. The molecule has 192 valence electrons. The van der Waals surface area contributed by atoms with E-state index in [1.54, 1.807) is 12.5 Å². The van der Waals surface area contributed by atoms with Gasteiger partial charge in [0.25, 0.3) is 0 Å². The van der Waals surface area contributed by atoms with Crippen LogP contribution >= 0.6 is 0 Å². The predicted octanol–water partition coefficient (Wildman–Crippen LogP) is 4.99. The van der Waals surface area contributed by atoms with Crippen LogP contribution in [0.15, 0.2) is 53.7 Å². The molecule has 0 aromatic carbocycles. The lowest BCUT2D eigenvalue weighted by atomic mass is 9.73. The van der Waals surface area contributed by atoms with Gasteiger partial charge in [-0.2, -0.15) is 0 Å². The molecule has 0 spiro atoms. The number of aromatic nitrogens is 4. The lowest BCUT2D eigenvalue weighted by Crippen LogP contribution is -2.34. The van der Waals surface area contributed by atoms with Crippen LogP contribution in [0.4, 0.5) is 0 Å². The van der Waals surface area contributed by atoms with Crippen LogP contribution in [0.5, 0.6) is 0 Å². The number of imidazole rings is 1. The maximum absolute atomic E-state index is 5.32. The lowest BCUT2D eigenvalue weighted by molar-refractivity contribution is 0.274. The number of hydrogen-bond donors (Lipinski definition) is 4. The number of hydrogen-bond acceptors (Lipinski definition) is 7. The number of furan rings is 1. The van der Waals surface area contributed by atoms with Gasteiger partial charge in [-0.1, -0.05) is 18.9 Å². The molecule has 0 radical (unpaired) electrons. The van der Waals surface area contributed by atoms with E-state index in [4.69, 9.17) is 9.40 Å². The Morgan fingerprint density at radius 1 is 1.05 bits per heavy atom. The molecule has 0 bridgehead atoms. The molecule has 4 atom stereocenters. The molecular formula is C29H35N7O. The highest BCUT2D eigenvalue weighted by molar-refractivity contribution is 5.89. The monoisotopic (exact) mass is 497 g/mol. The minimum Gasteiger partial charge on any atom is -0.472 e. The molecule has 8 heteroatoms. The Kier molecular flexibility index (Phi) is 6.24. The van der Waals surface area contributed by atoms with Gasteiger partial charge in [-0.3, -0.25) is 10.4 Å². The second-order valence-corrected chi connectivity index (χ2v) is 11.1. The zero-order chi connectivity index (χ0) is 24.6. The number of nitrogens with one attached hydrogen (secondary N) is 4. The van der Waals surface area contributed by atoms with E-state index in [1.807, 2.05) is 24.5 Å². The summed E-state index contributed by atoms with van der Waals surface area (Å²) < 4.78 is 5.32. The zero-order valence-corrected chi connectivity index (χ0v) is 21.1. The molecule has 1 saturated heterocycles. The van der Waals surface area contributed by atoms with Gasteiger partial charge in [-0.15, -0.1) is 0 Å². The normalized spacial score (nSPS) is 26.2. The van der Waals surface area contributed by atoms with Crippen LogP contribution in [-0.2, 0) is 6.54 Å². The van der Waals surface area contributed by atoms with Gasteiger partial charge in [-0.25, -0.2) is 15.4 Å². The number of H-pyrrole nitrogens is 1. The second kappa shape index (κ2) is 10.0. The third-order valence-corrected chi connectivity index (χ3v) is 8.81. The highest BCUT2D eigenvalue weighted by Crippen LogP contribution is 2.44. The molecule has 3 aliphatic rings. The van der Waals surface area contributed by atoms with Crippen LogP contribution in [0, 0.1) is 11.8 Å². The Balaban J connectivity index is 1.07. The highest BCUT2D eigenvalue weighted by atomic mass is 16.3. The SMILES string of the molecule is c1cc(-c2ccoc2)c2[nH]c(C3NNC4CCC(c5cncc(CNCC6CCCC6)c5)CC43)nc2n1. The smallest absolute Gasteiger partial charge is 0.178 e. The zero-order valence-electron chi connectivity index (χ0n) is 21.1. The molecule has 3 fully saturated rings. The number of rotatable bonds is 7. The van der Waals surface area contributed by atoms with Gasteiger partial charge in [0.05, 0.1) is 24.1 Å². The van der Waals surface area contributed by atoms with E-state index in [1.165, 1.54) is 43.2 Å². The van der Waals surface area contributed by atoms with Gasteiger partial charge in [0.2, 0.25) is 0 Å². The molecule has 8 nitrogen and oxygen atoms in total. The van der Waals surface area contributed by atoms with Crippen LogP contribution in [0.3, 0.4) is 0 Å². The molecule has 7 rings (SSSR count). The molecule has 4 unspecified atom stereocenters. The van der Waals surface area contributed by atoms with E-state index in [0.717, 1.165) is 60.0 Å². The first-order valence-corrected chi connectivity index (χ1v) is 13.8. The number of nitrogens with zero attached hydrogens (tertiary/aromatic N) is 3. The topological polar surface area (TPSA) is 104 Å². The summed E-state index contributed by atoms with van der Waals surface area (Å²) in [6.45, 7) is 2.04. The molecule has 4 aromatic heterocycles. The van der Waals surface area contributed by atoms with E-state index >= 15 is 0 Å². The van der Waals surface area contributed by atoms with Gasteiger partial charge >= 0.3 is 0 Å². The van der Waals surface area contributed by atoms with Crippen LogP contribution in [0.1, 0.15) is 73.9 Å². The largest absolute Gasteiger partial charge is 0.472 e. The van der Waals surface area contributed by atoms with Crippen molar-refractivity contribution < 1.29 is 4.42 Å². The van der Waals surface area contributed by atoms with Gasteiger partial charge in [-0.05, 0) is 79.7 Å². The molecular weight excluding hydrogens is 462 g/mol. The number of hydrazine groups is 1. The summed E-state index contributed by atoms with van der Waals surface area (Å²) in [5.41, 5.74) is 13.6. The third-order valence-electron chi connectivity index (χ3n) is 8.81. The first-order chi connectivity index (χ1) is 18.3. The van der Waals surface area contributed by atoms with E-state index < -0.39 is 0 Å². The van der Waals surface area contributed by atoms with Crippen LogP contribution in [0.2, 0.25) is 0 Å². The first-order valence-electron chi connectivity index (χ1n) is 13.8. The van der Waals surface area contributed by atoms with Gasteiger partial charge in [0.1, 0.15) is 5.82 Å². The minimum atomic E-state index is 0.114. The van der Waals surface area contributed by atoms with Gasteiger partial charge in [0.15, 0.2) is 5.65 Å². The van der Waals surface area contributed by atoms with Gasteiger partial charge in [0, 0.05) is 42.3 Å². The van der Waals surface area contributed by atoms with Crippen LogP contribution in [-0.4, -0.2) is 32.5 Å². The van der Waals surface area contributed by atoms with Crippen molar-refractivity contribution in [3.63, 3.8) is 0 Å². The molecule has 4 N–H and O–H groups in total. The average Bonchev–Trinajstić information content (AvgIpc) is 3.74. The molecule has 2 aliphatic carbocycles. The van der Waals surface area contributed by atoms with Crippen molar-refractivity contribution in [1.29, 1.82) is 0 Å². The number of fused-ring (bicyclic) bond motifs is 2. The number of aromatic amines is 1. The van der Waals surface area contributed by atoms with Crippen molar-refractivity contribution in [3.8, 4) is 11.1 Å². The van der Waals surface area contributed by atoms with E-state index in [-0.39, 0.29) is 6.04 Å². The summed E-state index contributed by atoms with van der Waals surface area (Å²) in [5.74, 6) is 2.76. The Hall–Kier alpha value is -3.07. The molecule has 0 amide bonds. The summed E-state index contributed by atoms with van der Waals surface area (Å²) in [6, 6.07) is 6.92. The maximum Gasteiger partial charge on any atom is 0.178 e. The Bertz CT molecular complexity index is 1340. The average molecular weight is 498 g/mol. The summed E-state index contributed by atoms with van der Waals surface area (Å²) in [7, 11) is 0. The number of pyridine rings is 2. The van der Waals surface area contributed by atoms with Crippen LogP contribution < -0.4 is 16.2 Å². The van der Waals surface area contributed by atoms with Crippen LogP contribution in [0.25, 0.3) is 22.3 Å².